The molecule has 4 rings (SSSR count). The summed E-state index contributed by atoms with van der Waals surface area (Å²) in [5, 5.41) is 1.36. The second-order valence-corrected chi connectivity index (χ2v) is 6.26. The molecule has 0 spiro atoms. The summed E-state index contributed by atoms with van der Waals surface area (Å²) in [6, 6.07) is 14.4. The van der Waals surface area contributed by atoms with Gasteiger partial charge in [-0.1, -0.05) is 12.1 Å². The molecule has 0 fully saturated rings. The van der Waals surface area contributed by atoms with Crippen LogP contribution in [0, 0.1) is 0 Å². The van der Waals surface area contributed by atoms with Crippen LogP contribution >= 0.6 is 11.3 Å². The number of hydrogen-bond donors (Lipinski definition) is 0. The lowest BCUT2D eigenvalue weighted by molar-refractivity contribution is -0.131. The normalized spacial score (nSPS) is 11.0. The van der Waals surface area contributed by atoms with Gasteiger partial charge in [-0.15, -0.1) is 11.3 Å². The first-order valence-electron chi connectivity index (χ1n) is 7.22. The number of rotatable bonds is 2. The fraction of sp³-hybridized carbons (Fsp3) is 0.0556. The van der Waals surface area contributed by atoms with E-state index in [1.54, 1.807) is 18.2 Å². The highest BCUT2D eigenvalue weighted by atomic mass is 32.1. The zero-order valence-electron chi connectivity index (χ0n) is 12.6. The number of fused-ring (bicyclic) bond motifs is 2. The summed E-state index contributed by atoms with van der Waals surface area (Å²) in [5.41, 5.74) is 1.16. The number of carbonyl (C=O) groups excluding carboxylic acids is 1. The van der Waals surface area contributed by atoms with Gasteiger partial charge in [0.1, 0.15) is 16.3 Å². The van der Waals surface area contributed by atoms with E-state index in [0.29, 0.717) is 21.9 Å². The molecule has 0 radical (unpaired) electrons. The van der Waals surface area contributed by atoms with E-state index < -0.39 is 11.6 Å². The van der Waals surface area contributed by atoms with Crippen LogP contribution in [-0.4, -0.2) is 11.0 Å². The van der Waals surface area contributed by atoms with Crippen LogP contribution in [0.3, 0.4) is 0 Å². The molecule has 0 aliphatic carbocycles. The Morgan fingerprint density at radius 3 is 2.79 bits per heavy atom. The standard InChI is InChI=1S/C18H11NO4S/c1-10(20)22-12-7-6-11-8-13(18(21)23-15(11)9-12)17-19-14-4-2-3-5-16(14)24-17/h2-9H,1H3. The summed E-state index contributed by atoms with van der Waals surface area (Å²) >= 11 is 1.44. The van der Waals surface area contributed by atoms with E-state index in [9.17, 15) is 9.59 Å². The number of carbonyl (C=O) groups is 1. The summed E-state index contributed by atoms with van der Waals surface area (Å²) in [7, 11) is 0. The lowest BCUT2D eigenvalue weighted by atomic mass is 10.2. The first kappa shape index (κ1) is 14.6. The first-order chi connectivity index (χ1) is 11.6. The monoisotopic (exact) mass is 337 g/mol. The van der Waals surface area contributed by atoms with E-state index in [1.165, 1.54) is 24.3 Å². The summed E-state index contributed by atoms with van der Waals surface area (Å²) in [6.45, 7) is 1.32. The Morgan fingerprint density at radius 1 is 1.17 bits per heavy atom. The van der Waals surface area contributed by atoms with Gasteiger partial charge in [0.2, 0.25) is 0 Å². The van der Waals surface area contributed by atoms with Gasteiger partial charge in [-0.05, 0) is 30.3 Å². The van der Waals surface area contributed by atoms with Crippen LogP contribution in [0.4, 0.5) is 0 Å². The van der Waals surface area contributed by atoms with Crippen LogP contribution in [0.15, 0.2) is 57.7 Å². The molecule has 0 bridgehead atoms. The van der Waals surface area contributed by atoms with Crippen LogP contribution in [0.2, 0.25) is 0 Å². The molecule has 2 aromatic carbocycles. The van der Waals surface area contributed by atoms with Gasteiger partial charge in [0.25, 0.3) is 0 Å². The minimum absolute atomic E-state index is 0.339. The van der Waals surface area contributed by atoms with Gasteiger partial charge in [-0.3, -0.25) is 4.79 Å². The summed E-state index contributed by atoms with van der Waals surface area (Å²) in [4.78, 5) is 27.9. The van der Waals surface area contributed by atoms with Crippen LogP contribution in [-0.2, 0) is 4.79 Å². The third-order valence-corrected chi connectivity index (χ3v) is 4.56. The highest BCUT2D eigenvalue weighted by Crippen LogP contribution is 2.30. The molecule has 0 N–H and O–H groups in total. The van der Waals surface area contributed by atoms with Crippen molar-refractivity contribution in [2.75, 3.05) is 0 Å². The van der Waals surface area contributed by atoms with E-state index in [1.807, 2.05) is 24.3 Å². The summed E-state index contributed by atoms with van der Waals surface area (Å²) in [6.07, 6.45) is 0. The Balaban J connectivity index is 1.85. The fourth-order valence-electron chi connectivity index (χ4n) is 2.46. The number of para-hydroxylation sites is 1. The van der Waals surface area contributed by atoms with E-state index in [2.05, 4.69) is 4.98 Å². The second-order valence-electron chi connectivity index (χ2n) is 5.23. The number of thiazole rings is 1. The average Bonchev–Trinajstić information content (AvgIpc) is 2.97. The largest absolute Gasteiger partial charge is 0.427 e. The molecule has 118 valence electrons. The van der Waals surface area contributed by atoms with Gasteiger partial charge in [0.15, 0.2) is 0 Å². The minimum Gasteiger partial charge on any atom is -0.427 e. The predicted octanol–water partition coefficient (Wildman–Crippen LogP) is 4.00. The third-order valence-electron chi connectivity index (χ3n) is 3.49. The molecule has 0 aliphatic heterocycles. The van der Waals surface area contributed by atoms with E-state index in [4.69, 9.17) is 9.15 Å². The van der Waals surface area contributed by atoms with Crippen molar-refractivity contribution in [1.82, 2.24) is 4.98 Å². The van der Waals surface area contributed by atoms with E-state index in [-0.39, 0.29) is 0 Å². The maximum atomic E-state index is 12.3. The highest BCUT2D eigenvalue weighted by Gasteiger charge is 2.13. The second kappa shape index (κ2) is 5.58. The quantitative estimate of drug-likeness (QED) is 0.314. The molecule has 0 aliphatic rings. The summed E-state index contributed by atoms with van der Waals surface area (Å²) < 4.78 is 11.4. The van der Waals surface area contributed by atoms with Crippen molar-refractivity contribution in [2.45, 2.75) is 6.92 Å². The number of esters is 1. The smallest absolute Gasteiger partial charge is 0.346 e. The van der Waals surface area contributed by atoms with Gasteiger partial charge in [-0.25, -0.2) is 9.78 Å². The molecule has 5 nitrogen and oxygen atoms in total. The lowest BCUT2D eigenvalue weighted by Crippen LogP contribution is -2.04. The van der Waals surface area contributed by atoms with Crippen LogP contribution in [0.5, 0.6) is 5.75 Å². The van der Waals surface area contributed by atoms with Crippen molar-refractivity contribution in [3.8, 4) is 16.3 Å². The van der Waals surface area contributed by atoms with Crippen molar-refractivity contribution < 1.29 is 13.9 Å². The van der Waals surface area contributed by atoms with E-state index in [0.717, 1.165) is 15.6 Å². The number of ether oxygens (including phenoxy) is 1. The highest BCUT2D eigenvalue weighted by molar-refractivity contribution is 7.21. The van der Waals surface area contributed by atoms with Gasteiger partial charge in [0, 0.05) is 18.4 Å². The zero-order chi connectivity index (χ0) is 16.7. The minimum atomic E-state index is -0.471. The van der Waals surface area contributed by atoms with Gasteiger partial charge in [-0.2, -0.15) is 0 Å². The average molecular weight is 337 g/mol. The Hall–Kier alpha value is -2.99. The fourth-order valence-corrected chi connectivity index (χ4v) is 3.43. The number of nitrogens with zero attached hydrogens (tertiary/aromatic N) is 1. The molecule has 6 heteroatoms. The molecule has 0 saturated heterocycles. The van der Waals surface area contributed by atoms with Crippen molar-refractivity contribution in [2.24, 2.45) is 0 Å². The van der Waals surface area contributed by atoms with Crippen LogP contribution < -0.4 is 10.4 Å². The van der Waals surface area contributed by atoms with Crippen molar-refractivity contribution in [3.63, 3.8) is 0 Å². The van der Waals surface area contributed by atoms with E-state index >= 15 is 0 Å². The number of benzene rings is 2. The molecule has 2 aromatic heterocycles. The van der Waals surface area contributed by atoms with Gasteiger partial charge in [0.05, 0.1) is 15.8 Å². The number of hydrogen-bond acceptors (Lipinski definition) is 6. The zero-order valence-corrected chi connectivity index (χ0v) is 13.4. The molecule has 2 heterocycles. The predicted molar refractivity (Wildman–Crippen MR) is 92.4 cm³/mol. The Morgan fingerprint density at radius 2 is 2.00 bits per heavy atom. The molecule has 0 unspecified atom stereocenters. The van der Waals surface area contributed by atoms with Crippen molar-refractivity contribution in [1.29, 1.82) is 0 Å². The van der Waals surface area contributed by atoms with Gasteiger partial charge < -0.3 is 9.15 Å². The molecule has 0 atom stereocenters. The Kier molecular flexibility index (Phi) is 3.39. The Labute approximate surface area is 140 Å². The Bertz CT molecular complexity index is 1110. The molecular weight excluding hydrogens is 326 g/mol. The van der Waals surface area contributed by atoms with Gasteiger partial charge >= 0.3 is 11.6 Å². The number of aromatic nitrogens is 1. The SMILES string of the molecule is CC(=O)Oc1ccc2cc(-c3nc4ccccc4s3)c(=O)oc2c1. The molecule has 0 saturated carbocycles. The van der Waals surface area contributed by atoms with Crippen molar-refractivity contribution >= 4 is 38.5 Å². The topological polar surface area (TPSA) is 69.4 Å². The lowest BCUT2D eigenvalue weighted by Gasteiger charge is -2.03. The van der Waals surface area contributed by atoms with Crippen LogP contribution in [0.25, 0.3) is 31.8 Å². The third kappa shape index (κ3) is 2.57. The first-order valence-corrected chi connectivity index (χ1v) is 8.04. The van der Waals surface area contributed by atoms with Crippen molar-refractivity contribution in [3.05, 3.63) is 59.0 Å². The maximum Gasteiger partial charge on any atom is 0.346 e. The molecule has 4 aromatic rings. The van der Waals surface area contributed by atoms with Crippen LogP contribution in [0.1, 0.15) is 6.92 Å². The maximum absolute atomic E-state index is 12.3. The molecule has 24 heavy (non-hydrogen) atoms. The molecular formula is C18H11NO4S. The molecule has 0 amide bonds. The summed E-state index contributed by atoms with van der Waals surface area (Å²) in [5.74, 6) is -0.0892.